The van der Waals surface area contributed by atoms with Gasteiger partial charge in [0.05, 0.1) is 22.1 Å². The second-order valence-corrected chi connectivity index (χ2v) is 7.47. The summed E-state index contributed by atoms with van der Waals surface area (Å²) in [6.07, 6.45) is 3.00. The molecule has 8 heteroatoms. The summed E-state index contributed by atoms with van der Waals surface area (Å²) in [6.45, 7) is 0.991. The van der Waals surface area contributed by atoms with Gasteiger partial charge < -0.3 is 4.90 Å². The van der Waals surface area contributed by atoms with Crippen LogP contribution in [0.15, 0.2) is 58.5 Å². The Morgan fingerprint density at radius 1 is 1.08 bits per heavy atom. The molecular formula is C16H18N4O3S. The molecule has 0 amide bonds. The smallest absolute Gasteiger partial charge is 0.308 e. The highest BCUT2D eigenvalue weighted by Crippen LogP contribution is 2.18. The highest BCUT2D eigenvalue weighted by atomic mass is 32.2. The van der Waals surface area contributed by atoms with E-state index in [1.807, 2.05) is 19.0 Å². The minimum atomic E-state index is -3.97. The van der Waals surface area contributed by atoms with Crippen molar-refractivity contribution in [1.82, 2.24) is 18.4 Å². The van der Waals surface area contributed by atoms with E-state index in [0.29, 0.717) is 24.1 Å². The van der Waals surface area contributed by atoms with E-state index in [9.17, 15) is 13.2 Å². The molecule has 0 N–H and O–H groups in total. The average molecular weight is 346 g/mol. The van der Waals surface area contributed by atoms with E-state index < -0.39 is 15.7 Å². The van der Waals surface area contributed by atoms with Crippen molar-refractivity contribution in [3.63, 3.8) is 0 Å². The molecule has 3 rings (SSSR count). The summed E-state index contributed by atoms with van der Waals surface area (Å²) in [5.74, 6) is 0. The number of hydrogen-bond acceptors (Lipinski definition) is 5. The van der Waals surface area contributed by atoms with Crippen LogP contribution < -0.4 is 5.69 Å². The number of aromatic nitrogens is 3. The molecule has 24 heavy (non-hydrogen) atoms. The summed E-state index contributed by atoms with van der Waals surface area (Å²) in [6, 6.07) is 9.49. The molecule has 0 atom stereocenters. The van der Waals surface area contributed by atoms with Gasteiger partial charge in [-0.3, -0.25) is 9.55 Å². The molecular weight excluding hydrogens is 328 g/mol. The number of pyridine rings is 1. The molecule has 0 aliphatic heterocycles. The van der Waals surface area contributed by atoms with Gasteiger partial charge in [0.2, 0.25) is 0 Å². The van der Waals surface area contributed by atoms with Gasteiger partial charge in [0, 0.05) is 19.3 Å². The molecule has 0 bridgehead atoms. The normalized spacial score (nSPS) is 12.1. The van der Waals surface area contributed by atoms with Crippen LogP contribution in [0.2, 0.25) is 0 Å². The van der Waals surface area contributed by atoms with E-state index >= 15 is 0 Å². The van der Waals surface area contributed by atoms with Crippen LogP contribution in [0.5, 0.6) is 0 Å². The molecule has 0 saturated heterocycles. The van der Waals surface area contributed by atoms with Crippen LogP contribution in [0.1, 0.15) is 0 Å². The minimum Gasteiger partial charge on any atom is -0.308 e. The van der Waals surface area contributed by atoms with Crippen LogP contribution in [0.4, 0.5) is 0 Å². The molecule has 126 valence electrons. The molecule has 3 aromatic rings. The number of fused-ring (bicyclic) bond motifs is 1. The maximum Gasteiger partial charge on any atom is 0.343 e. The zero-order chi connectivity index (χ0) is 17.3. The van der Waals surface area contributed by atoms with Gasteiger partial charge in [0.25, 0.3) is 10.0 Å². The summed E-state index contributed by atoms with van der Waals surface area (Å²) >= 11 is 0. The Balaban J connectivity index is 2.26. The number of imidazole rings is 1. The maximum atomic E-state index is 12.9. The van der Waals surface area contributed by atoms with Crippen molar-refractivity contribution in [2.24, 2.45) is 0 Å². The number of hydrogen-bond donors (Lipinski definition) is 0. The Morgan fingerprint density at radius 2 is 1.79 bits per heavy atom. The van der Waals surface area contributed by atoms with Gasteiger partial charge in [0.15, 0.2) is 0 Å². The fraction of sp³-hybridized carbons (Fsp3) is 0.250. The zero-order valence-electron chi connectivity index (χ0n) is 13.5. The van der Waals surface area contributed by atoms with E-state index in [1.165, 1.54) is 29.1 Å². The lowest BCUT2D eigenvalue weighted by molar-refractivity contribution is 0.383. The first-order chi connectivity index (χ1) is 11.4. The topological polar surface area (TPSA) is 77.2 Å². The van der Waals surface area contributed by atoms with Gasteiger partial charge in [-0.25, -0.2) is 13.2 Å². The van der Waals surface area contributed by atoms with Crippen LogP contribution in [0, 0.1) is 0 Å². The van der Waals surface area contributed by atoms with Crippen LogP contribution >= 0.6 is 0 Å². The molecule has 2 aromatic heterocycles. The first-order valence-electron chi connectivity index (χ1n) is 7.43. The van der Waals surface area contributed by atoms with E-state index in [-0.39, 0.29) is 4.90 Å². The number of rotatable bonds is 5. The van der Waals surface area contributed by atoms with Gasteiger partial charge >= 0.3 is 5.69 Å². The summed E-state index contributed by atoms with van der Waals surface area (Å²) < 4.78 is 28.2. The molecule has 0 saturated carbocycles. The van der Waals surface area contributed by atoms with Crippen LogP contribution in [0.25, 0.3) is 11.0 Å². The zero-order valence-corrected chi connectivity index (χ0v) is 14.3. The molecule has 7 nitrogen and oxygen atoms in total. The average Bonchev–Trinajstić information content (AvgIpc) is 2.85. The summed E-state index contributed by atoms with van der Waals surface area (Å²) in [4.78, 5) is 18.9. The van der Waals surface area contributed by atoms with Gasteiger partial charge in [-0.1, -0.05) is 18.2 Å². The van der Waals surface area contributed by atoms with Crippen molar-refractivity contribution >= 4 is 21.1 Å². The van der Waals surface area contributed by atoms with Crippen molar-refractivity contribution in [3.8, 4) is 0 Å². The highest BCUT2D eigenvalue weighted by molar-refractivity contribution is 7.90. The molecule has 0 unspecified atom stereocenters. The third-order valence-electron chi connectivity index (χ3n) is 3.74. The number of benzene rings is 1. The quantitative estimate of drug-likeness (QED) is 0.689. The van der Waals surface area contributed by atoms with Crippen LogP contribution in [-0.2, 0) is 16.6 Å². The number of nitrogens with zero attached hydrogens (tertiary/aromatic N) is 4. The minimum absolute atomic E-state index is 0.0792. The van der Waals surface area contributed by atoms with Crippen LogP contribution in [-0.4, -0.2) is 47.5 Å². The lowest BCUT2D eigenvalue weighted by atomic mass is 10.4. The molecule has 0 aliphatic rings. The summed E-state index contributed by atoms with van der Waals surface area (Å²) in [7, 11) is -0.188. The molecule has 0 aliphatic carbocycles. The Bertz CT molecular complexity index is 1020. The van der Waals surface area contributed by atoms with Gasteiger partial charge in [-0.2, -0.15) is 3.97 Å². The summed E-state index contributed by atoms with van der Waals surface area (Å²) in [5.41, 5.74) is 0.255. The molecule has 0 radical (unpaired) electrons. The third-order valence-corrected chi connectivity index (χ3v) is 5.45. The standard InChI is InChI=1S/C16H18N4O3S/c1-18(2)10-11-19-15-12-17-9-8-14(15)20(16(19)21)24(22,23)13-6-4-3-5-7-13/h3-9,12H,10-11H2,1-2H3. The van der Waals surface area contributed by atoms with Crippen molar-refractivity contribution in [2.45, 2.75) is 11.4 Å². The first-order valence-corrected chi connectivity index (χ1v) is 8.87. The second kappa shape index (κ2) is 6.21. The molecule has 0 fully saturated rings. The van der Waals surface area contributed by atoms with Gasteiger partial charge in [-0.05, 0) is 32.3 Å². The fourth-order valence-electron chi connectivity index (χ4n) is 2.52. The lowest BCUT2D eigenvalue weighted by Gasteiger charge is -2.09. The largest absolute Gasteiger partial charge is 0.343 e. The third kappa shape index (κ3) is 2.74. The van der Waals surface area contributed by atoms with Crippen molar-refractivity contribution in [3.05, 3.63) is 59.3 Å². The van der Waals surface area contributed by atoms with E-state index in [0.717, 1.165) is 3.97 Å². The fourth-order valence-corrected chi connectivity index (χ4v) is 3.95. The predicted octanol–water partition coefficient (Wildman–Crippen LogP) is 0.997. The van der Waals surface area contributed by atoms with Crippen molar-refractivity contribution in [2.75, 3.05) is 20.6 Å². The summed E-state index contributed by atoms with van der Waals surface area (Å²) in [5, 5.41) is 0. The predicted molar refractivity (Wildman–Crippen MR) is 91.6 cm³/mol. The lowest BCUT2D eigenvalue weighted by Crippen LogP contribution is -2.31. The van der Waals surface area contributed by atoms with Crippen LogP contribution in [0.3, 0.4) is 0 Å². The molecule has 2 heterocycles. The maximum absolute atomic E-state index is 12.9. The number of likely N-dealkylation sites (N-methyl/N-ethyl adjacent to an activating group) is 1. The molecule has 0 spiro atoms. The Morgan fingerprint density at radius 3 is 2.46 bits per heavy atom. The second-order valence-electron chi connectivity index (χ2n) is 5.68. The Hall–Kier alpha value is -2.45. The van der Waals surface area contributed by atoms with Gasteiger partial charge in [-0.15, -0.1) is 0 Å². The van der Waals surface area contributed by atoms with E-state index in [2.05, 4.69) is 4.98 Å². The Kier molecular flexibility index (Phi) is 4.25. The molecule has 1 aromatic carbocycles. The first kappa shape index (κ1) is 16.4. The SMILES string of the molecule is CN(C)CCn1c(=O)n(S(=O)(=O)c2ccccc2)c2ccncc21. The Labute approximate surface area is 139 Å². The van der Waals surface area contributed by atoms with Crippen molar-refractivity contribution in [1.29, 1.82) is 0 Å². The van der Waals surface area contributed by atoms with E-state index in [4.69, 9.17) is 0 Å². The monoisotopic (exact) mass is 346 g/mol. The highest BCUT2D eigenvalue weighted by Gasteiger charge is 2.25. The van der Waals surface area contributed by atoms with E-state index in [1.54, 1.807) is 24.3 Å². The van der Waals surface area contributed by atoms with Gasteiger partial charge in [0.1, 0.15) is 0 Å². The van der Waals surface area contributed by atoms with Crippen molar-refractivity contribution < 1.29 is 8.42 Å².